The molecule has 0 N–H and O–H groups in total. The van der Waals surface area contributed by atoms with Gasteiger partial charge in [0.05, 0.1) is 0 Å². The summed E-state index contributed by atoms with van der Waals surface area (Å²) in [5.41, 5.74) is 0.889. The molecule has 3 unspecified atom stereocenters. The molecule has 0 saturated carbocycles. The van der Waals surface area contributed by atoms with Gasteiger partial charge in [-0.05, 0) is 31.9 Å². The molecular weight excluding hydrogens is 272 g/mol. The predicted molar refractivity (Wildman–Crippen MR) is 80.8 cm³/mol. The van der Waals surface area contributed by atoms with E-state index in [0.29, 0.717) is 6.04 Å². The minimum atomic E-state index is -0.563. The summed E-state index contributed by atoms with van der Waals surface area (Å²) in [5.74, 6) is 0.0527. The van der Waals surface area contributed by atoms with Crippen molar-refractivity contribution in [3.8, 4) is 0 Å². The number of carbonyl (C=O) groups is 1. The fraction of sp³-hybridized carbons (Fsp3) is 0.562. The van der Waals surface area contributed by atoms with E-state index in [0.717, 1.165) is 18.7 Å². The average Bonchev–Trinajstić information content (AvgIpc) is 2.93. The van der Waals surface area contributed by atoms with Crippen LogP contribution in [0.3, 0.4) is 0 Å². The lowest BCUT2D eigenvalue weighted by Crippen LogP contribution is -2.57. The number of nitrogens with zero attached hydrogens (tertiary/aromatic N) is 2. The monoisotopic (exact) mass is 292 g/mol. The van der Waals surface area contributed by atoms with Crippen LogP contribution in [0.2, 0.25) is 0 Å². The molecule has 3 rings (SSSR count). The van der Waals surface area contributed by atoms with Crippen molar-refractivity contribution >= 4 is 17.5 Å². The van der Waals surface area contributed by atoms with Crippen LogP contribution in [0.4, 0.5) is 0 Å². The summed E-state index contributed by atoms with van der Waals surface area (Å²) < 4.78 is 0. The highest BCUT2D eigenvalue weighted by Gasteiger charge is 2.38. The van der Waals surface area contributed by atoms with Gasteiger partial charge in [0.15, 0.2) is 0 Å². The zero-order valence-corrected chi connectivity index (χ0v) is 12.6. The van der Waals surface area contributed by atoms with Crippen molar-refractivity contribution in [3.05, 3.63) is 35.9 Å². The SMILES string of the molecule is CC1CN2CCCC2CN1C(=O)C(Cl)c1ccccc1. The molecule has 2 aliphatic heterocycles. The second-order valence-electron chi connectivity index (χ2n) is 5.90. The molecule has 0 spiro atoms. The van der Waals surface area contributed by atoms with Crippen molar-refractivity contribution in [1.29, 1.82) is 0 Å². The van der Waals surface area contributed by atoms with Gasteiger partial charge in [-0.2, -0.15) is 0 Å². The Kier molecular flexibility index (Phi) is 3.99. The van der Waals surface area contributed by atoms with Crippen molar-refractivity contribution in [1.82, 2.24) is 9.80 Å². The zero-order chi connectivity index (χ0) is 14.1. The first kappa shape index (κ1) is 13.9. The number of carbonyl (C=O) groups excluding carboxylic acids is 1. The molecule has 1 aromatic carbocycles. The first-order chi connectivity index (χ1) is 9.66. The van der Waals surface area contributed by atoms with Gasteiger partial charge < -0.3 is 4.90 Å². The summed E-state index contributed by atoms with van der Waals surface area (Å²) in [5, 5.41) is -0.563. The maximum Gasteiger partial charge on any atom is 0.245 e. The van der Waals surface area contributed by atoms with Crippen LogP contribution in [0.25, 0.3) is 0 Å². The number of piperazine rings is 1. The number of amides is 1. The highest BCUT2D eigenvalue weighted by molar-refractivity contribution is 6.30. The molecule has 2 fully saturated rings. The second kappa shape index (κ2) is 5.74. The molecule has 4 heteroatoms. The third kappa shape index (κ3) is 2.57. The molecule has 20 heavy (non-hydrogen) atoms. The van der Waals surface area contributed by atoms with Crippen LogP contribution in [0, 0.1) is 0 Å². The van der Waals surface area contributed by atoms with E-state index in [-0.39, 0.29) is 11.9 Å². The predicted octanol–water partition coefficient (Wildman–Crippen LogP) is 2.66. The molecule has 2 aliphatic rings. The van der Waals surface area contributed by atoms with Crippen LogP contribution in [0.15, 0.2) is 30.3 Å². The summed E-state index contributed by atoms with van der Waals surface area (Å²) in [6.07, 6.45) is 2.46. The maximum atomic E-state index is 12.7. The molecule has 1 amide bonds. The van der Waals surface area contributed by atoms with Crippen molar-refractivity contribution in [3.63, 3.8) is 0 Å². The summed E-state index contributed by atoms with van der Waals surface area (Å²) in [6.45, 7) is 5.12. The van der Waals surface area contributed by atoms with Crippen LogP contribution in [0.5, 0.6) is 0 Å². The Balaban J connectivity index is 1.73. The summed E-state index contributed by atoms with van der Waals surface area (Å²) in [7, 11) is 0. The van der Waals surface area contributed by atoms with E-state index in [4.69, 9.17) is 11.6 Å². The van der Waals surface area contributed by atoms with Gasteiger partial charge in [0.2, 0.25) is 5.91 Å². The molecule has 2 heterocycles. The first-order valence-corrected chi connectivity index (χ1v) is 7.84. The maximum absolute atomic E-state index is 12.7. The third-order valence-corrected chi connectivity index (χ3v) is 4.97. The second-order valence-corrected chi connectivity index (χ2v) is 6.34. The van der Waals surface area contributed by atoms with Gasteiger partial charge in [0.25, 0.3) is 0 Å². The van der Waals surface area contributed by atoms with E-state index in [9.17, 15) is 4.79 Å². The van der Waals surface area contributed by atoms with E-state index in [1.165, 1.54) is 19.4 Å². The highest BCUT2D eigenvalue weighted by Crippen LogP contribution is 2.29. The fourth-order valence-corrected chi connectivity index (χ4v) is 3.68. The standard InChI is InChI=1S/C16H21ClN2O/c1-12-10-18-9-5-8-14(18)11-19(12)16(20)15(17)13-6-3-2-4-7-13/h2-4,6-7,12,14-15H,5,8-11H2,1H3. The molecule has 2 saturated heterocycles. The lowest BCUT2D eigenvalue weighted by Gasteiger charge is -2.43. The molecule has 0 bridgehead atoms. The highest BCUT2D eigenvalue weighted by atomic mass is 35.5. The minimum absolute atomic E-state index is 0.0527. The Morgan fingerprint density at radius 1 is 1.30 bits per heavy atom. The number of hydrogen-bond donors (Lipinski definition) is 0. The van der Waals surface area contributed by atoms with Crippen LogP contribution in [0.1, 0.15) is 30.7 Å². The van der Waals surface area contributed by atoms with Crippen molar-refractivity contribution < 1.29 is 4.79 Å². The van der Waals surface area contributed by atoms with E-state index >= 15 is 0 Å². The summed E-state index contributed by atoms with van der Waals surface area (Å²) >= 11 is 6.39. The smallest absolute Gasteiger partial charge is 0.245 e. The van der Waals surface area contributed by atoms with E-state index in [1.807, 2.05) is 35.2 Å². The molecule has 3 nitrogen and oxygen atoms in total. The lowest BCUT2D eigenvalue weighted by atomic mass is 10.1. The van der Waals surface area contributed by atoms with Crippen molar-refractivity contribution in [2.75, 3.05) is 19.6 Å². The van der Waals surface area contributed by atoms with Crippen LogP contribution < -0.4 is 0 Å². The average molecular weight is 293 g/mol. The normalized spacial score (nSPS) is 28.2. The van der Waals surface area contributed by atoms with Gasteiger partial charge in [-0.1, -0.05) is 30.3 Å². The third-order valence-electron chi connectivity index (χ3n) is 4.53. The van der Waals surface area contributed by atoms with E-state index in [2.05, 4.69) is 11.8 Å². The minimum Gasteiger partial charge on any atom is -0.336 e. The van der Waals surface area contributed by atoms with Crippen LogP contribution in [-0.4, -0.2) is 47.4 Å². The molecular formula is C16H21ClN2O. The molecule has 0 aliphatic carbocycles. The number of hydrogen-bond acceptors (Lipinski definition) is 2. The first-order valence-electron chi connectivity index (χ1n) is 7.40. The van der Waals surface area contributed by atoms with Gasteiger partial charge in [0, 0.05) is 25.2 Å². The van der Waals surface area contributed by atoms with Gasteiger partial charge >= 0.3 is 0 Å². The number of benzene rings is 1. The Bertz CT molecular complexity index is 479. The molecule has 3 atom stereocenters. The Morgan fingerprint density at radius 3 is 2.80 bits per heavy atom. The van der Waals surface area contributed by atoms with Gasteiger partial charge in [-0.15, -0.1) is 11.6 Å². The van der Waals surface area contributed by atoms with E-state index < -0.39 is 5.38 Å². The Hall–Kier alpha value is -1.06. The van der Waals surface area contributed by atoms with Crippen LogP contribution >= 0.6 is 11.6 Å². The van der Waals surface area contributed by atoms with Crippen molar-refractivity contribution in [2.45, 2.75) is 37.2 Å². The zero-order valence-electron chi connectivity index (χ0n) is 11.8. The largest absolute Gasteiger partial charge is 0.336 e. The lowest BCUT2D eigenvalue weighted by molar-refractivity contribution is -0.136. The van der Waals surface area contributed by atoms with Crippen LogP contribution in [-0.2, 0) is 4.79 Å². The molecule has 0 radical (unpaired) electrons. The van der Waals surface area contributed by atoms with Gasteiger partial charge in [0.1, 0.15) is 5.38 Å². The van der Waals surface area contributed by atoms with Gasteiger partial charge in [-0.3, -0.25) is 9.69 Å². The molecule has 0 aromatic heterocycles. The summed E-state index contributed by atoms with van der Waals surface area (Å²) in [6, 6.07) is 10.4. The molecule has 1 aromatic rings. The summed E-state index contributed by atoms with van der Waals surface area (Å²) in [4.78, 5) is 17.2. The quantitative estimate of drug-likeness (QED) is 0.783. The number of rotatable bonds is 2. The number of halogens is 1. The van der Waals surface area contributed by atoms with Gasteiger partial charge in [-0.25, -0.2) is 0 Å². The van der Waals surface area contributed by atoms with Crippen molar-refractivity contribution in [2.24, 2.45) is 0 Å². The fourth-order valence-electron chi connectivity index (χ4n) is 3.40. The Morgan fingerprint density at radius 2 is 2.05 bits per heavy atom. The van der Waals surface area contributed by atoms with E-state index in [1.54, 1.807) is 0 Å². The topological polar surface area (TPSA) is 23.6 Å². The Labute approximate surface area is 125 Å². The molecule has 108 valence electrons. The number of alkyl halides is 1. The number of fused-ring (bicyclic) bond motifs is 1.